The number of H-pyrrole nitrogens is 1. The molecule has 0 aliphatic heterocycles. The van der Waals surface area contributed by atoms with Crippen LogP contribution in [-0.4, -0.2) is 4.98 Å². The van der Waals surface area contributed by atoms with E-state index in [4.69, 9.17) is 0 Å². The van der Waals surface area contributed by atoms with Crippen LogP contribution in [0.5, 0.6) is 0 Å². The second kappa shape index (κ2) is 5.77. The highest BCUT2D eigenvalue weighted by atomic mass is 14.7. The Balaban J connectivity index is 1.85. The van der Waals surface area contributed by atoms with Crippen molar-refractivity contribution in [2.75, 3.05) is 0 Å². The molecule has 3 rings (SSSR count). The van der Waals surface area contributed by atoms with E-state index in [1.807, 2.05) is 0 Å². The largest absolute Gasteiger partial charge is 0.361 e. The second-order valence-corrected chi connectivity index (χ2v) is 6.29. The number of fused-ring (bicyclic) bond motifs is 1. The van der Waals surface area contributed by atoms with E-state index in [0.29, 0.717) is 11.8 Å². The smallest absolute Gasteiger partial charge is 0.0459 e. The van der Waals surface area contributed by atoms with Gasteiger partial charge < -0.3 is 4.98 Å². The summed E-state index contributed by atoms with van der Waals surface area (Å²) in [5.74, 6) is 1.11. The van der Waals surface area contributed by atoms with Crippen molar-refractivity contribution in [2.24, 2.45) is 0 Å². The fraction of sp³-hybridized carbons (Fsp3) is 0.300. The van der Waals surface area contributed by atoms with Crippen LogP contribution in [0.3, 0.4) is 0 Å². The van der Waals surface area contributed by atoms with E-state index >= 15 is 0 Å². The maximum atomic E-state index is 3.42. The second-order valence-electron chi connectivity index (χ2n) is 6.29. The molecule has 0 amide bonds. The van der Waals surface area contributed by atoms with Crippen LogP contribution in [0.1, 0.15) is 49.3 Å². The summed E-state index contributed by atoms with van der Waals surface area (Å²) < 4.78 is 0. The van der Waals surface area contributed by atoms with Gasteiger partial charge in [0, 0.05) is 17.1 Å². The third kappa shape index (κ3) is 2.87. The van der Waals surface area contributed by atoms with Crippen LogP contribution < -0.4 is 0 Å². The molecule has 0 spiro atoms. The van der Waals surface area contributed by atoms with Crippen LogP contribution >= 0.6 is 0 Å². The third-order valence-corrected chi connectivity index (χ3v) is 4.31. The Morgan fingerprint density at radius 3 is 2.43 bits per heavy atom. The molecule has 108 valence electrons. The van der Waals surface area contributed by atoms with Gasteiger partial charge in [0.2, 0.25) is 0 Å². The number of aromatic amines is 1. The molecule has 0 saturated heterocycles. The summed E-state index contributed by atoms with van der Waals surface area (Å²) in [7, 11) is 0. The van der Waals surface area contributed by atoms with Crippen molar-refractivity contribution in [3.05, 3.63) is 71.4 Å². The van der Waals surface area contributed by atoms with Crippen LogP contribution in [0.2, 0.25) is 0 Å². The molecule has 1 nitrogen and oxygen atoms in total. The summed E-state index contributed by atoms with van der Waals surface area (Å²) >= 11 is 0. The van der Waals surface area contributed by atoms with Gasteiger partial charge in [0.15, 0.2) is 0 Å². The Morgan fingerprint density at radius 1 is 0.952 bits per heavy atom. The minimum atomic E-state index is 0.545. The van der Waals surface area contributed by atoms with Gasteiger partial charge in [-0.3, -0.25) is 0 Å². The highest BCUT2D eigenvalue weighted by Crippen LogP contribution is 2.27. The summed E-state index contributed by atoms with van der Waals surface area (Å²) in [5.41, 5.74) is 5.48. The number of nitrogens with one attached hydrogen (secondary N) is 1. The molecule has 3 aromatic rings. The van der Waals surface area contributed by atoms with Crippen molar-refractivity contribution in [3.63, 3.8) is 0 Å². The first-order chi connectivity index (χ1) is 10.1. The van der Waals surface area contributed by atoms with Gasteiger partial charge >= 0.3 is 0 Å². The molecule has 1 unspecified atom stereocenters. The van der Waals surface area contributed by atoms with Gasteiger partial charge in [0.25, 0.3) is 0 Å². The molecule has 1 N–H and O–H groups in total. The normalized spacial score (nSPS) is 13.0. The van der Waals surface area contributed by atoms with E-state index in [1.54, 1.807) is 0 Å². The molecule has 1 atom stereocenters. The van der Waals surface area contributed by atoms with E-state index in [2.05, 4.69) is 80.5 Å². The van der Waals surface area contributed by atoms with Gasteiger partial charge in [-0.05, 0) is 41.0 Å². The van der Waals surface area contributed by atoms with Crippen LogP contribution in [0.15, 0.2) is 54.7 Å². The molecule has 0 saturated carbocycles. The van der Waals surface area contributed by atoms with E-state index in [-0.39, 0.29) is 0 Å². The van der Waals surface area contributed by atoms with Gasteiger partial charge in [-0.1, -0.05) is 63.2 Å². The molecule has 1 heteroatoms. The Morgan fingerprint density at radius 2 is 1.71 bits per heavy atom. The maximum absolute atomic E-state index is 3.42. The minimum absolute atomic E-state index is 0.545. The molecular formula is C20H23N. The molecule has 0 aliphatic carbocycles. The fourth-order valence-electron chi connectivity index (χ4n) is 3.05. The first-order valence-electron chi connectivity index (χ1n) is 7.80. The van der Waals surface area contributed by atoms with Crippen molar-refractivity contribution in [2.45, 2.75) is 39.0 Å². The van der Waals surface area contributed by atoms with Crippen molar-refractivity contribution in [3.8, 4) is 0 Å². The molecule has 21 heavy (non-hydrogen) atoms. The quantitative estimate of drug-likeness (QED) is 0.635. The topological polar surface area (TPSA) is 15.8 Å². The molecular weight excluding hydrogens is 254 g/mol. The molecule has 0 fully saturated rings. The molecule has 0 radical (unpaired) electrons. The molecule has 0 aliphatic rings. The highest BCUT2D eigenvalue weighted by molar-refractivity contribution is 5.84. The van der Waals surface area contributed by atoms with E-state index in [1.165, 1.54) is 27.6 Å². The van der Waals surface area contributed by atoms with Gasteiger partial charge in [0.1, 0.15) is 0 Å². The van der Waals surface area contributed by atoms with Gasteiger partial charge in [-0.15, -0.1) is 0 Å². The zero-order valence-corrected chi connectivity index (χ0v) is 13.1. The lowest BCUT2D eigenvalue weighted by molar-refractivity contribution is 0.760. The van der Waals surface area contributed by atoms with Crippen LogP contribution in [0, 0.1) is 0 Å². The van der Waals surface area contributed by atoms with Gasteiger partial charge in [-0.2, -0.15) is 0 Å². The highest BCUT2D eigenvalue weighted by Gasteiger charge is 2.10. The standard InChI is InChI=1S/C20H23N/c1-14(2)19-13-21-20-12-16(9-10-18(19)20)11-15(3)17-7-5-4-6-8-17/h4-10,12-15,21H,11H2,1-3H3. The van der Waals surface area contributed by atoms with Gasteiger partial charge in [0.05, 0.1) is 0 Å². The predicted octanol–water partition coefficient (Wildman–Crippen LogP) is 5.64. The molecule has 2 aromatic carbocycles. The van der Waals surface area contributed by atoms with Crippen LogP contribution in [0.25, 0.3) is 10.9 Å². The summed E-state index contributed by atoms with van der Waals surface area (Å²) in [6, 6.07) is 17.6. The van der Waals surface area contributed by atoms with E-state index in [9.17, 15) is 0 Å². The SMILES string of the molecule is CC(C)c1c[nH]c2cc(CC(C)c3ccccc3)ccc12. The number of hydrogen-bond acceptors (Lipinski definition) is 0. The van der Waals surface area contributed by atoms with Crippen molar-refractivity contribution in [1.82, 2.24) is 4.98 Å². The Kier molecular flexibility index (Phi) is 3.83. The summed E-state index contributed by atoms with van der Waals surface area (Å²) in [6.45, 7) is 6.79. The lowest BCUT2D eigenvalue weighted by atomic mass is 9.93. The Labute approximate surface area is 127 Å². The average Bonchev–Trinajstić information content (AvgIpc) is 2.91. The number of aromatic nitrogens is 1. The summed E-state index contributed by atoms with van der Waals surface area (Å²) in [5, 5.41) is 1.36. The fourth-order valence-corrected chi connectivity index (χ4v) is 3.05. The first-order valence-corrected chi connectivity index (χ1v) is 7.80. The Bertz CT molecular complexity index is 722. The monoisotopic (exact) mass is 277 g/mol. The third-order valence-electron chi connectivity index (χ3n) is 4.31. The van der Waals surface area contributed by atoms with E-state index in [0.717, 1.165) is 6.42 Å². The zero-order chi connectivity index (χ0) is 14.8. The lowest BCUT2D eigenvalue weighted by Crippen LogP contribution is -1.98. The molecule has 1 heterocycles. The van der Waals surface area contributed by atoms with E-state index < -0.39 is 0 Å². The summed E-state index contributed by atoms with van der Waals surface area (Å²) in [6.07, 6.45) is 3.23. The van der Waals surface area contributed by atoms with Gasteiger partial charge in [-0.25, -0.2) is 0 Å². The average molecular weight is 277 g/mol. The van der Waals surface area contributed by atoms with Crippen molar-refractivity contribution < 1.29 is 0 Å². The lowest BCUT2D eigenvalue weighted by Gasteiger charge is -2.12. The van der Waals surface area contributed by atoms with Crippen molar-refractivity contribution in [1.29, 1.82) is 0 Å². The Hall–Kier alpha value is -2.02. The maximum Gasteiger partial charge on any atom is 0.0459 e. The molecule has 0 bridgehead atoms. The molecule has 1 aromatic heterocycles. The first kappa shape index (κ1) is 13.9. The number of hydrogen-bond donors (Lipinski definition) is 1. The minimum Gasteiger partial charge on any atom is -0.361 e. The number of rotatable bonds is 4. The van der Waals surface area contributed by atoms with Crippen LogP contribution in [0.4, 0.5) is 0 Å². The predicted molar refractivity (Wildman–Crippen MR) is 90.9 cm³/mol. The van der Waals surface area contributed by atoms with Crippen molar-refractivity contribution >= 4 is 10.9 Å². The zero-order valence-electron chi connectivity index (χ0n) is 13.1. The number of benzene rings is 2. The van der Waals surface area contributed by atoms with Crippen LogP contribution in [-0.2, 0) is 6.42 Å². The summed E-state index contributed by atoms with van der Waals surface area (Å²) in [4.78, 5) is 3.42.